The molecule has 0 unspecified atom stereocenters. The number of aliphatic hydroxyl groups is 1. The lowest BCUT2D eigenvalue weighted by atomic mass is 9.45. The molecule has 0 radical (unpaired) electrons. The lowest BCUT2D eigenvalue weighted by Crippen LogP contribution is -2.54. The molecule has 3 heteroatoms. The van der Waals surface area contributed by atoms with E-state index in [1.165, 1.54) is 38.5 Å². The van der Waals surface area contributed by atoms with Crippen molar-refractivity contribution in [1.82, 2.24) is 0 Å². The van der Waals surface area contributed by atoms with E-state index < -0.39 is 0 Å². The predicted octanol–water partition coefficient (Wildman–Crippen LogP) is 4.22. The summed E-state index contributed by atoms with van der Waals surface area (Å²) >= 11 is 0. The van der Waals surface area contributed by atoms with Crippen molar-refractivity contribution in [3.8, 4) is 0 Å². The fourth-order valence-corrected chi connectivity index (χ4v) is 7.12. The molecule has 0 aromatic carbocycles. The van der Waals surface area contributed by atoms with E-state index in [0.29, 0.717) is 11.3 Å². The van der Waals surface area contributed by atoms with Crippen LogP contribution in [0.5, 0.6) is 0 Å². The van der Waals surface area contributed by atoms with Crippen LogP contribution in [-0.2, 0) is 0 Å². The number of oxime groups is 1. The maximum absolute atomic E-state index is 10.5. The Morgan fingerprint density at radius 1 is 0.955 bits per heavy atom. The highest BCUT2D eigenvalue weighted by atomic mass is 16.4. The molecule has 0 aliphatic heterocycles. The van der Waals surface area contributed by atoms with E-state index in [-0.39, 0.29) is 11.5 Å². The normalized spacial score (nSPS) is 56.3. The van der Waals surface area contributed by atoms with Gasteiger partial charge >= 0.3 is 0 Å². The highest BCUT2D eigenvalue weighted by Crippen LogP contribution is 2.65. The van der Waals surface area contributed by atoms with Gasteiger partial charge in [-0.15, -0.1) is 0 Å². The van der Waals surface area contributed by atoms with Crippen molar-refractivity contribution in [2.24, 2.45) is 39.7 Å². The first kappa shape index (κ1) is 15.0. The average Bonchev–Trinajstić information content (AvgIpc) is 2.82. The van der Waals surface area contributed by atoms with Gasteiger partial charge in [0.1, 0.15) is 0 Å². The second-order valence-corrected chi connectivity index (χ2v) is 9.16. The SMILES string of the molecule is C[C@]12CC/C(=N/O)C[C@@H]1CC[C@H]1[C@H]2CC[C@@]2(C)[C@@H]1CC[C@@H]2O. The molecule has 0 bridgehead atoms. The number of aliphatic hydroxyl groups excluding tert-OH is 1. The van der Waals surface area contributed by atoms with Crippen molar-refractivity contribution in [3.63, 3.8) is 0 Å². The van der Waals surface area contributed by atoms with Gasteiger partial charge in [-0.3, -0.25) is 0 Å². The van der Waals surface area contributed by atoms with Crippen LogP contribution in [-0.4, -0.2) is 22.1 Å². The number of hydrogen-bond donors (Lipinski definition) is 2. The Morgan fingerprint density at radius 3 is 2.50 bits per heavy atom. The Bertz CT molecular complexity index is 490. The van der Waals surface area contributed by atoms with Crippen LogP contribution in [0.4, 0.5) is 0 Å². The maximum Gasteiger partial charge on any atom is 0.0596 e. The first-order valence-corrected chi connectivity index (χ1v) is 9.37. The third-order valence-corrected chi connectivity index (χ3v) is 8.59. The van der Waals surface area contributed by atoms with E-state index in [9.17, 15) is 5.11 Å². The molecule has 0 spiro atoms. The molecule has 22 heavy (non-hydrogen) atoms. The zero-order valence-corrected chi connectivity index (χ0v) is 14.1. The number of hydrogen-bond acceptors (Lipinski definition) is 3. The van der Waals surface area contributed by atoms with Gasteiger partial charge < -0.3 is 10.3 Å². The molecule has 124 valence electrons. The minimum Gasteiger partial charge on any atom is -0.411 e. The summed E-state index contributed by atoms with van der Waals surface area (Å²) in [7, 11) is 0. The molecule has 4 fully saturated rings. The molecular weight excluding hydrogens is 274 g/mol. The number of rotatable bonds is 0. The summed E-state index contributed by atoms with van der Waals surface area (Å²) in [6.07, 6.45) is 10.5. The highest BCUT2D eigenvalue weighted by molar-refractivity contribution is 5.85. The topological polar surface area (TPSA) is 52.8 Å². The van der Waals surface area contributed by atoms with Gasteiger partial charge in [0.25, 0.3) is 0 Å². The molecule has 4 rings (SSSR count). The summed E-state index contributed by atoms with van der Waals surface area (Å²) in [5.41, 5.74) is 1.65. The molecule has 0 aromatic heterocycles. The minimum absolute atomic E-state index is 0.0662. The predicted molar refractivity (Wildman–Crippen MR) is 87.0 cm³/mol. The van der Waals surface area contributed by atoms with Crippen LogP contribution in [0, 0.1) is 34.5 Å². The maximum atomic E-state index is 10.5. The lowest BCUT2D eigenvalue weighted by Gasteiger charge is -2.60. The fourth-order valence-electron chi connectivity index (χ4n) is 7.12. The Kier molecular flexibility index (Phi) is 3.38. The van der Waals surface area contributed by atoms with Crippen LogP contribution < -0.4 is 0 Å². The van der Waals surface area contributed by atoms with Crippen molar-refractivity contribution in [3.05, 3.63) is 0 Å². The van der Waals surface area contributed by atoms with Gasteiger partial charge in [0.15, 0.2) is 0 Å². The summed E-state index contributed by atoms with van der Waals surface area (Å²) in [5, 5.41) is 23.2. The monoisotopic (exact) mass is 305 g/mol. The third-order valence-electron chi connectivity index (χ3n) is 8.59. The van der Waals surface area contributed by atoms with E-state index in [0.717, 1.165) is 42.7 Å². The fraction of sp³-hybridized carbons (Fsp3) is 0.947. The second kappa shape index (κ2) is 4.96. The Hall–Kier alpha value is -0.570. The molecule has 0 saturated heterocycles. The summed E-state index contributed by atoms with van der Waals surface area (Å²) < 4.78 is 0. The summed E-state index contributed by atoms with van der Waals surface area (Å²) in [6, 6.07) is 0. The van der Waals surface area contributed by atoms with Crippen molar-refractivity contribution < 1.29 is 10.3 Å². The molecular formula is C19H31NO2. The van der Waals surface area contributed by atoms with Gasteiger partial charge in [-0.2, -0.15) is 0 Å². The Labute approximate surface area is 134 Å². The molecule has 4 aliphatic rings. The zero-order valence-electron chi connectivity index (χ0n) is 14.1. The first-order valence-electron chi connectivity index (χ1n) is 9.37. The standard InChI is InChI=1S/C19H31NO2/c1-18-9-7-13(20-22)11-12(18)3-4-14-15-5-6-17(21)19(15,2)10-8-16(14)18/h12,14-17,21-22H,3-11H2,1-2H3/b20-13-/t12-,14+,15+,16+,17-,18-,19-/m0/s1. The van der Waals surface area contributed by atoms with Gasteiger partial charge in [-0.1, -0.05) is 19.0 Å². The van der Waals surface area contributed by atoms with Gasteiger partial charge in [0, 0.05) is 0 Å². The van der Waals surface area contributed by atoms with Crippen molar-refractivity contribution in [2.45, 2.75) is 77.7 Å². The highest BCUT2D eigenvalue weighted by Gasteiger charge is 2.59. The summed E-state index contributed by atoms with van der Waals surface area (Å²) in [5.74, 6) is 3.11. The second-order valence-electron chi connectivity index (χ2n) is 9.16. The summed E-state index contributed by atoms with van der Waals surface area (Å²) in [4.78, 5) is 0. The van der Waals surface area contributed by atoms with Crippen LogP contribution >= 0.6 is 0 Å². The zero-order chi connectivity index (χ0) is 15.5. The first-order chi connectivity index (χ1) is 10.5. The van der Waals surface area contributed by atoms with Crippen molar-refractivity contribution in [2.75, 3.05) is 0 Å². The van der Waals surface area contributed by atoms with Gasteiger partial charge in [0.05, 0.1) is 11.8 Å². The Balaban J connectivity index is 1.62. The largest absolute Gasteiger partial charge is 0.411 e. The summed E-state index contributed by atoms with van der Waals surface area (Å²) in [6.45, 7) is 4.88. The third kappa shape index (κ3) is 1.87. The molecule has 0 aromatic rings. The van der Waals surface area contributed by atoms with Crippen LogP contribution in [0.1, 0.15) is 71.6 Å². The lowest BCUT2D eigenvalue weighted by molar-refractivity contribution is -0.112. The van der Waals surface area contributed by atoms with E-state index >= 15 is 0 Å². The minimum atomic E-state index is -0.0662. The van der Waals surface area contributed by atoms with Crippen LogP contribution in [0.15, 0.2) is 5.16 Å². The van der Waals surface area contributed by atoms with Gasteiger partial charge in [0.2, 0.25) is 0 Å². The van der Waals surface area contributed by atoms with E-state index in [2.05, 4.69) is 19.0 Å². The van der Waals surface area contributed by atoms with E-state index in [1.54, 1.807) is 0 Å². The average molecular weight is 305 g/mol. The van der Waals surface area contributed by atoms with Crippen LogP contribution in [0.3, 0.4) is 0 Å². The van der Waals surface area contributed by atoms with Crippen LogP contribution in [0.25, 0.3) is 0 Å². The van der Waals surface area contributed by atoms with Gasteiger partial charge in [-0.05, 0) is 92.3 Å². The van der Waals surface area contributed by atoms with Crippen LogP contribution in [0.2, 0.25) is 0 Å². The molecule has 7 atom stereocenters. The molecule has 4 aliphatic carbocycles. The Morgan fingerprint density at radius 2 is 1.73 bits per heavy atom. The molecule has 0 heterocycles. The van der Waals surface area contributed by atoms with Gasteiger partial charge in [-0.25, -0.2) is 0 Å². The quantitative estimate of drug-likeness (QED) is 0.520. The van der Waals surface area contributed by atoms with E-state index in [1.807, 2.05) is 0 Å². The van der Waals surface area contributed by atoms with E-state index in [4.69, 9.17) is 5.21 Å². The molecule has 4 saturated carbocycles. The van der Waals surface area contributed by atoms with Crippen molar-refractivity contribution in [1.29, 1.82) is 0 Å². The van der Waals surface area contributed by atoms with Crippen molar-refractivity contribution >= 4 is 5.71 Å². The molecule has 3 nitrogen and oxygen atoms in total. The number of nitrogens with zero attached hydrogens (tertiary/aromatic N) is 1. The molecule has 0 amide bonds. The number of fused-ring (bicyclic) bond motifs is 5. The smallest absolute Gasteiger partial charge is 0.0596 e. The molecule has 2 N–H and O–H groups in total.